The zero-order valence-electron chi connectivity index (χ0n) is 48.9. The van der Waals surface area contributed by atoms with Crippen LogP contribution in [-0.4, -0.2) is 55.7 Å². The summed E-state index contributed by atoms with van der Waals surface area (Å²) >= 11 is 0. The van der Waals surface area contributed by atoms with Crippen molar-refractivity contribution in [2.45, 2.75) is 221 Å². The summed E-state index contributed by atoms with van der Waals surface area (Å²) in [5.41, 5.74) is 3.09. The van der Waals surface area contributed by atoms with E-state index in [0.29, 0.717) is 41.7 Å². The summed E-state index contributed by atoms with van der Waals surface area (Å²) in [5.74, 6) is 2.12. The van der Waals surface area contributed by atoms with E-state index in [0.717, 1.165) is 42.7 Å². The van der Waals surface area contributed by atoms with Crippen LogP contribution in [0.3, 0.4) is 0 Å². The minimum absolute atomic E-state index is 0.0587. The lowest BCUT2D eigenvalue weighted by molar-refractivity contribution is -0.129. The molecule has 71 heavy (non-hydrogen) atoms. The maximum atomic E-state index is 15.0. The number of carbonyl (C=O) groups is 1. The molecule has 2 aromatic carbocycles. The summed E-state index contributed by atoms with van der Waals surface area (Å²) in [7, 11) is -9.17. The van der Waals surface area contributed by atoms with E-state index < -0.39 is 32.1 Å². The summed E-state index contributed by atoms with van der Waals surface area (Å²) < 4.78 is 36.4. The van der Waals surface area contributed by atoms with Crippen molar-refractivity contribution < 1.29 is 22.6 Å². The van der Waals surface area contributed by atoms with Gasteiger partial charge in [0.25, 0.3) is 0 Å². The van der Waals surface area contributed by atoms with E-state index in [9.17, 15) is 4.79 Å². The van der Waals surface area contributed by atoms with E-state index in [1.165, 1.54) is 36.8 Å². The second-order valence-corrected chi connectivity index (χ2v) is 44.1. The van der Waals surface area contributed by atoms with Crippen molar-refractivity contribution in [1.82, 2.24) is 0 Å². The lowest BCUT2D eigenvalue weighted by Crippen LogP contribution is -2.50. The molecule has 5 rings (SSSR count). The highest BCUT2D eigenvalue weighted by molar-refractivity contribution is 7.78. The molecule has 0 heterocycles. The molecule has 2 aromatic rings. The van der Waals surface area contributed by atoms with Crippen LogP contribution >= 0.6 is 7.14 Å². The normalized spacial score (nSPS) is 23.7. The Morgan fingerprint density at radius 3 is 1.63 bits per heavy atom. The molecule has 0 aliphatic heterocycles. The summed E-state index contributed by atoms with van der Waals surface area (Å²) in [6.45, 7) is 46.9. The van der Waals surface area contributed by atoms with Gasteiger partial charge >= 0.3 is 0 Å². The Hall–Kier alpha value is -2.17. The fraction of sp³-hybridized carbons (Fsp3) is 0.661. The smallest absolute Gasteiger partial charge is 0.192 e. The molecule has 3 aliphatic carbocycles. The zero-order valence-corrected chi connectivity index (χ0v) is 52.8. The first-order valence-corrected chi connectivity index (χ1v) is 38.2. The van der Waals surface area contributed by atoms with Crippen molar-refractivity contribution >= 4 is 48.5 Å². The summed E-state index contributed by atoms with van der Waals surface area (Å²) in [4.78, 5) is 12.3. The highest BCUT2D eigenvalue weighted by Gasteiger charge is 2.52. The Labute approximate surface area is 439 Å². The minimum atomic E-state index is -2.90. The second-order valence-electron chi connectivity index (χ2n) is 26.9. The van der Waals surface area contributed by atoms with Gasteiger partial charge in [-0.15, -0.1) is 0 Å². The minimum Gasteiger partial charge on any atom is -0.413 e. The highest BCUT2D eigenvalue weighted by Crippen LogP contribution is 2.57. The Morgan fingerprint density at radius 2 is 1.18 bits per heavy atom. The van der Waals surface area contributed by atoms with Crippen LogP contribution in [-0.2, 0) is 22.6 Å². The van der Waals surface area contributed by atoms with E-state index in [-0.39, 0.29) is 32.7 Å². The zero-order chi connectivity index (χ0) is 53.5. The van der Waals surface area contributed by atoms with Gasteiger partial charge in [0.2, 0.25) is 0 Å². The van der Waals surface area contributed by atoms with Gasteiger partial charge in [-0.3, -0.25) is 4.79 Å². The maximum Gasteiger partial charge on any atom is 0.192 e. The number of fused-ring (bicyclic) bond motifs is 1. The number of benzene rings is 2. The third kappa shape index (κ3) is 15.5. The van der Waals surface area contributed by atoms with Gasteiger partial charge in [0.05, 0.1) is 18.8 Å². The number of carbonyl (C=O) groups excluding carboxylic acids is 1. The van der Waals surface area contributed by atoms with Gasteiger partial charge in [-0.05, 0) is 134 Å². The predicted octanol–water partition coefficient (Wildman–Crippen LogP) is 17.8. The molecule has 0 saturated heterocycles. The number of rotatable bonds is 17. The van der Waals surface area contributed by atoms with Crippen LogP contribution < -0.4 is 10.6 Å². The van der Waals surface area contributed by atoms with Gasteiger partial charge in [-0.25, -0.2) is 0 Å². The Morgan fingerprint density at radius 1 is 0.704 bits per heavy atom. The molecule has 0 bridgehead atoms. The number of hydrogen-bond acceptors (Lipinski definition) is 5. The van der Waals surface area contributed by atoms with Crippen LogP contribution in [0.4, 0.5) is 0 Å². The van der Waals surface area contributed by atoms with E-state index in [2.05, 4.69) is 173 Å². The molecule has 3 saturated carbocycles. The molecular formula is C62H103O5PSi3. The largest absolute Gasteiger partial charge is 0.413 e. The van der Waals surface area contributed by atoms with Crippen molar-refractivity contribution in [3.05, 3.63) is 108 Å². The van der Waals surface area contributed by atoms with Crippen molar-refractivity contribution in [1.29, 1.82) is 0 Å². The van der Waals surface area contributed by atoms with Crippen LogP contribution in [0.1, 0.15) is 155 Å². The summed E-state index contributed by atoms with van der Waals surface area (Å²) in [5, 5.41) is 2.05. The number of hydrogen-bond donors (Lipinski definition) is 0. The van der Waals surface area contributed by atoms with Gasteiger partial charge in [0, 0.05) is 29.1 Å². The molecule has 5 nitrogen and oxygen atoms in total. The van der Waals surface area contributed by atoms with Crippen molar-refractivity contribution in [3.8, 4) is 0 Å². The summed E-state index contributed by atoms with van der Waals surface area (Å²) in [6, 6.07) is 20.0. The average molecular weight is 1040 g/mol. The first kappa shape index (κ1) is 61.4. The van der Waals surface area contributed by atoms with Gasteiger partial charge in [-0.2, -0.15) is 0 Å². The Bertz CT molecular complexity index is 2110. The van der Waals surface area contributed by atoms with Gasteiger partial charge in [0.15, 0.2) is 25.0 Å². The van der Waals surface area contributed by atoms with E-state index >= 15 is 4.57 Å². The SMILES string of the molecule is CC(C)(C)[Si](C)(C)OCC=C1[C@H](O[Si](C)(C)C(C)(C)C)CC(=CCP(=O)(c2ccccc2)c2ccccc2)C[C@H]1O[Si](C)(C)C(C)(C)C.CCC(C)(/C=C/C=C/[C@@H](C)C1CCC2C(=O)CCCC21C)CC. The van der Waals surface area contributed by atoms with Crippen LogP contribution in [0.25, 0.3) is 0 Å². The quantitative estimate of drug-likeness (QED) is 0.0684. The molecular weight excluding hydrogens is 940 g/mol. The summed E-state index contributed by atoms with van der Waals surface area (Å²) in [6.07, 6.45) is 23.5. The molecule has 9 heteroatoms. The van der Waals surface area contributed by atoms with Crippen molar-refractivity contribution in [2.75, 3.05) is 12.8 Å². The molecule has 3 fully saturated rings. The van der Waals surface area contributed by atoms with Crippen LogP contribution in [0.2, 0.25) is 54.4 Å². The maximum absolute atomic E-state index is 15.0. The van der Waals surface area contributed by atoms with Crippen molar-refractivity contribution in [3.63, 3.8) is 0 Å². The first-order valence-electron chi connectivity index (χ1n) is 27.6. The van der Waals surface area contributed by atoms with E-state index in [1.807, 2.05) is 60.7 Å². The number of Topliss-reactive ketones (excluding diaryl/α,β-unsaturated/α-hetero) is 1. The van der Waals surface area contributed by atoms with Crippen LogP contribution in [0, 0.1) is 28.6 Å². The lowest BCUT2D eigenvalue weighted by Gasteiger charge is -2.46. The fourth-order valence-electron chi connectivity index (χ4n) is 10.2. The standard InChI is InChI=1S/C40H67O4PSi3.C22H36O/c1-38(2,3)46(10,11)42-28-26-35-36(43-47(12,13)39(4,5)6)30-32(31-37(35)44-48(14,15)40(7,8)9)27-29-45(41,33-22-18-16-19-23-33)34-24-20-17-21-25-34;1-6-21(4,7-2)15-9-8-11-17(3)18-13-14-19-20(23)12-10-16-22(18,19)5/h16-27,36-37H,28-31H2,1-15H3;8-9,11,15,17-19H,6-7,10,12-14,16H2,1-5H3/b;11-8+,15-9+/t36-,37-;17-,18?,19?,22?/m11/s1. The molecule has 0 spiro atoms. The lowest BCUT2D eigenvalue weighted by atomic mass is 9.62. The van der Waals surface area contributed by atoms with Gasteiger partial charge in [-0.1, -0.05) is 200 Å². The molecule has 398 valence electrons. The Kier molecular flexibility index (Phi) is 20.9. The van der Waals surface area contributed by atoms with Gasteiger partial charge in [0.1, 0.15) is 12.9 Å². The molecule has 0 amide bonds. The fourth-order valence-corrected chi connectivity index (χ4v) is 16.3. The third-order valence-corrected chi connectivity index (χ3v) is 35.3. The molecule has 3 unspecified atom stereocenters. The van der Waals surface area contributed by atoms with Crippen LogP contribution in [0.5, 0.6) is 0 Å². The van der Waals surface area contributed by atoms with E-state index in [4.69, 9.17) is 13.3 Å². The predicted molar refractivity (Wildman–Crippen MR) is 317 cm³/mol. The third-order valence-electron chi connectivity index (χ3n) is 18.9. The van der Waals surface area contributed by atoms with Crippen LogP contribution in [0.15, 0.2) is 108 Å². The number of ketones is 1. The van der Waals surface area contributed by atoms with Crippen molar-refractivity contribution in [2.24, 2.45) is 28.6 Å². The highest BCUT2D eigenvalue weighted by atomic mass is 31.2. The molecule has 0 aromatic heterocycles. The molecule has 6 atom stereocenters. The molecule has 3 aliphatic rings. The van der Waals surface area contributed by atoms with E-state index in [1.54, 1.807) is 0 Å². The second kappa shape index (κ2) is 24.2. The van der Waals surface area contributed by atoms with Gasteiger partial charge < -0.3 is 17.8 Å². The molecule has 0 N–H and O–H groups in total. The Balaban J connectivity index is 0.000000396. The monoisotopic (exact) mass is 1040 g/mol. The molecule has 0 radical (unpaired) electrons. The number of allylic oxidation sites excluding steroid dienone is 5. The topological polar surface area (TPSA) is 61.8 Å². The average Bonchev–Trinajstić information content (AvgIpc) is 3.65. The first-order chi connectivity index (χ1) is 32.7.